The van der Waals surface area contributed by atoms with Gasteiger partial charge in [-0.05, 0) is 24.0 Å². The summed E-state index contributed by atoms with van der Waals surface area (Å²) < 4.78 is 0. The lowest BCUT2D eigenvalue weighted by atomic mass is 10.0. The maximum absolute atomic E-state index is 12.0. The number of carbonyl (C=O) groups excluding carboxylic acids is 2. The van der Waals surface area contributed by atoms with Crippen LogP contribution in [0.1, 0.15) is 25.0 Å². The van der Waals surface area contributed by atoms with Crippen LogP contribution in [0.15, 0.2) is 18.2 Å². The molecule has 0 bridgehead atoms. The first kappa shape index (κ1) is 12.6. The molecule has 18 heavy (non-hydrogen) atoms. The highest BCUT2D eigenvalue weighted by molar-refractivity contribution is 6.41. The number of nitrogens with one attached hydrogen (secondary N) is 1. The molecule has 0 aromatic heterocycles. The second-order valence-corrected chi connectivity index (χ2v) is 4.34. The molecule has 4 heteroatoms. The summed E-state index contributed by atoms with van der Waals surface area (Å²) in [5.74, 6) is -0.953. The van der Waals surface area contributed by atoms with Crippen LogP contribution in [0.25, 0.3) is 0 Å². The van der Waals surface area contributed by atoms with Gasteiger partial charge in [-0.2, -0.15) is 0 Å². The van der Waals surface area contributed by atoms with E-state index in [1.807, 2.05) is 18.2 Å². The zero-order chi connectivity index (χ0) is 13.1. The summed E-state index contributed by atoms with van der Waals surface area (Å²) in [6.07, 6.45) is 1.71. The zero-order valence-electron chi connectivity index (χ0n) is 10.8. The van der Waals surface area contributed by atoms with Gasteiger partial charge in [-0.15, -0.1) is 0 Å². The van der Waals surface area contributed by atoms with Crippen molar-refractivity contribution in [2.24, 2.45) is 0 Å². The number of carbonyl (C=O) groups is 2. The number of para-hydroxylation sites is 1. The van der Waals surface area contributed by atoms with E-state index in [0.29, 0.717) is 13.1 Å². The molecule has 1 N–H and O–H groups in total. The summed E-state index contributed by atoms with van der Waals surface area (Å²) in [6, 6.07) is 6.05. The van der Waals surface area contributed by atoms with Crippen LogP contribution in [0.3, 0.4) is 0 Å². The number of rotatable bonds is 3. The van der Waals surface area contributed by atoms with Crippen LogP contribution in [-0.2, 0) is 22.4 Å². The summed E-state index contributed by atoms with van der Waals surface area (Å²) >= 11 is 0. The molecule has 2 amide bonds. The molecule has 0 aliphatic carbocycles. The third-order valence-electron chi connectivity index (χ3n) is 3.30. The Morgan fingerprint density at radius 3 is 2.33 bits per heavy atom. The number of nitrogens with zero attached hydrogens (tertiary/aromatic N) is 1. The van der Waals surface area contributed by atoms with Gasteiger partial charge in [0.25, 0.3) is 0 Å². The van der Waals surface area contributed by atoms with Crippen molar-refractivity contribution in [1.82, 2.24) is 5.32 Å². The predicted octanol–water partition coefficient (Wildman–Crippen LogP) is 1.27. The number of amides is 2. The molecule has 2 rings (SSSR count). The third-order valence-corrected chi connectivity index (χ3v) is 3.30. The molecular weight excluding hydrogens is 228 g/mol. The number of aryl methyl sites for hydroxylation is 2. The Morgan fingerprint density at radius 1 is 1.17 bits per heavy atom. The van der Waals surface area contributed by atoms with Crippen molar-refractivity contribution >= 4 is 17.5 Å². The summed E-state index contributed by atoms with van der Waals surface area (Å²) in [5, 5.41) is 2.58. The van der Waals surface area contributed by atoms with Crippen molar-refractivity contribution in [2.75, 3.05) is 18.0 Å². The van der Waals surface area contributed by atoms with E-state index < -0.39 is 11.8 Å². The largest absolute Gasteiger partial charge is 0.346 e. The molecule has 1 fully saturated rings. The number of hydrogen-bond acceptors (Lipinski definition) is 2. The molecular formula is C14H18N2O2. The third kappa shape index (κ3) is 2.10. The minimum absolute atomic E-state index is 0.447. The van der Waals surface area contributed by atoms with Gasteiger partial charge in [0.15, 0.2) is 0 Å². The molecule has 1 aliphatic rings. The lowest BCUT2D eigenvalue weighted by Crippen LogP contribution is -2.52. The molecule has 1 aromatic carbocycles. The summed E-state index contributed by atoms with van der Waals surface area (Å²) in [5.41, 5.74) is 3.18. The quantitative estimate of drug-likeness (QED) is 0.817. The van der Waals surface area contributed by atoms with Crippen LogP contribution in [-0.4, -0.2) is 24.9 Å². The Kier molecular flexibility index (Phi) is 3.65. The van der Waals surface area contributed by atoms with E-state index >= 15 is 0 Å². The van der Waals surface area contributed by atoms with Crippen molar-refractivity contribution in [3.63, 3.8) is 0 Å². The Balaban J connectivity index is 2.48. The lowest BCUT2D eigenvalue weighted by molar-refractivity contribution is -0.138. The molecule has 0 atom stereocenters. The van der Waals surface area contributed by atoms with E-state index in [-0.39, 0.29) is 0 Å². The first-order valence-electron chi connectivity index (χ1n) is 6.39. The summed E-state index contributed by atoms with van der Waals surface area (Å²) in [4.78, 5) is 25.1. The molecule has 0 spiro atoms. The second-order valence-electron chi connectivity index (χ2n) is 4.34. The predicted molar refractivity (Wildman–Crippen MR) is 70.6 cm³/mol. The Labute approximate surface area is 107 Å². The van der Waals surface area contributed by atoms with Gasteiger partial charge in [0.05, 0.1) is 5.69 Å². The Hall–Kier alpha value is -1.84. The fourth-order valence-electron chi connectivity index (χ4n) is 2.36. The average molecular weight is 246 g/mol. The van der Waals surface area contributed by atoms with Gasteiger partial charge in [-0.1, -0.05) is 32.0 Å². The number of piperazine rings is 1. The molecule has 1 saturated heterocycles. The smallest absolute Gasteiger partial charge is 0.316 e. The highest BCUT2D eigenvalue weighted by Crippen LogP contribution is 2.27. The molecule has 96 valence electrons. The lowest BCUT2D eigenvalue weighted by Gasteiger charge is -2.30. The Morgan fingerprint density at radius 2 is 1.78 bits per heavy atom. The maximum Gasteiger partial charge on any atom is 0.316 e. The molecule has 0 unspecified atom stereocenters. The van der Waals surface area contributed by atoms with Crippen LogP contribution >= 0.6 is 0 Å². The minimum atomic E-state index is -0.505. The number of anilines is 1. The highest BCUT2D eigenvalue weighted by atomic mass is 16.2. The van der Waals surface area contributed by atoms with E-state index in [4.69, 9.17) is 0 Å². The standard InChI is InChI=1S/C14H18N2O2/c1-3-10-6-5-7-11(4-2)12(10)16-9-8-15-13(17)14(16)18/h5-7H,3-4,8-9H2,1-2H3,(H,15,17). The van der Waals surface area contributed by atoms with Crippen LogP contribution in [0.5, 0.6) is 0 Å². The van der Waals surface area contributed by atoms with Gasteiger partial charge in [0.2, 0.25) is 0 Å². The summed E-state index contributed by atoms with van der Waals surface area (Å²) in [6.45, 7) is 5.19. The van der Waals surface area contributed by atoms with Gasteiger partial charge in [-0.3, -0.25) is 9.59 Å². The number of hydrogen-bond donors (Lipinski definition) is 1. The molecule has 1 aromatic rings. The van der Waals surface area contributed by atoms with E-state index in [1.165, 1.54) is 0 Å². The molecule has 0 radical (unpaired) electrons. The normalized spacial score (nSPS) is 15.8. The molecule has 1 aliphatic heterocycles. The molecule has 1 heterocycles. The van der Waals surface area contributed by atoms with Gasteiger partial charge in [0.1, 0.15) is 0 Å². The van der Waals surface area contributed by atoms with Crippen LogP contribution in [0.4, 0.5) is 5.69 Å². The van der Waals surface area contributed by atoms with Gasteiger partial charge < -0.3 is 10.2 Å². The van der Waals surface area contributed by atoms with E-state index in [9.17, 15) is 9.59 Å². The minimum Gasteiger partial charge on any atom is -0.346 e. The molecule has 0 saturated carbocycles. The van der Waals surface area contributed by atoms with E-state index in [0.717, 1.165) is 29.7 Å². The SMILES string of the molecule is CCc1cccc(CC)c1N1CCNC(=O)C1=O. The zero-order valence-corrected chi connectivity index (χ0v) is 10.8. The second kappa shape index (κ2) is 5.21. The average Bonchev–Trinajstić information content (AvgIpc) is 2.41. The fraction of sp³-hybridized carbons (Fsp3) is 0.429. The van der Waals surface area contributed by atoms with E-state index in [2.05, 4.69) is 19.2 Å². The first-order valence-corrected chi connectivity index (χ1v) is 6.39. The topological polar surface area (TPSA) is 49.4 Å². The van der Waals surface area contributed by atoms with Gasteiger partial charge >= 0.3 is 11.8 Å². The fourth-order valence-corrected chi connectivity index (χ4v) is 2.36. The van der Waals surface area contributed by atoms with Crippen molar-refractivity contribution in [1.29, 1.82) is 0 Å². The maximum atomic E-state index is 12.0. The van der Waals surface area contributed by atoms with Crippen LogP contribution in [0, 0.1) is 0 Å². The van der Waals surface area contributed by atoms with Crippen LogP contribution in [0.2, 0.25) is 0 Å². The van der Waals surface area contributed by atoms with Crippen molar-refractivity contribution in [2.45, 2.75) is 26.7 Å². The Bertz CT molecular complexity index is 460. The monoisotopic (exact) mass is 246 g/mol. The van der Waals surface area contributed by atoms with Crippen molar-refractivity contribution in [3.05, 3.63) is 29.3 Å². The highest BCUT2D eigenvalue weighted by Gasteiger charge is 2.29. The number of benzene rings is 1. The molecule has 4 nitrogen and oxygen atoms in total. The van der Waals surface area contributed by atoms with E-state index in [1.54, 1.807) is 4.90 Å². The summed E-state index contributed by atoms with van der Waals surface area (Å²) in [7, 11) is 0. The van der Waals surface area contributed by atoms with Gasteiger partial charge in [-0.25, -0.2) is 0 Å². The van der Waals surface area contributed by atoms with Crippen molar-refractivity contribution < 1.29 is 9.59 Å². The van der Waals surface area contributed by atoms with Crippen LogP contribution < -0.4 is 10.2 Å². The first-order chi connectivity index (χ1) is 8.69. The van der Waals surface area contributed by atoms with Crippen molar-refractivity contribution in [3.8, 4) is 0 Å². The van der Waals surface area contributed by atoms with Gasteiger partial charge in [0, 0.05) is 13.1 Å².